The van der Waals surface area contributed by atoms with E-state index < -0.39 is 62.6 Å². The number of β-amino-alcohol motifs (C(OH)–C–C–N with tert-alkyl or cyclic N) is 1. The first-order chi connectivity index (χ1) is 37.6. The molecule has 2 saturated heterocycles. The summed E-state index contributed by atoms with van der Waals surface area (Å²) in [6, 6.07) is 12.0. The molecule has 1 unspecified atom stereocenters. The molecule has 24 heteroatoms. The maximum Gasteiger partial charge on any atom is 0.277 e. The summed E-state index contributed by atoms with van der Waals surface area (Å²) in [4.78, 5) is 77.9. The van der Waals surface area contributed by atoms with E-state index in [9.17, 15) is 37.1 Å². The average Bonchev–Trinajstić information content (AvgIpc) is 4.32. The second-order valence-electron chi connectivity index (χ2n) is 21.4. The SMILES string of the molecule is Cc1ncsc1-c1ccc([C@]2(C)NC([C@@H]3C[C@@H](O)CN3C(=O)C(c3cc(OCCN4CC[C@H](NC(=O)c5cc6c(cc5CS(C)(=O)=O)-c5cn(C)c(=O)c7[nH]cc(c57)CN6c5ncc(F)cc5F)C4)no3)C(C)C)=NC2=O)cc1. The number of fused-ring (bicyclic) bond motifs is 2. The summed E-state index contributed by atoms with van der Waals surface area (Å²) in [5.74, 6) is -4.26. The number of aliphatic hydroxyl groups is 1. The van der Waals surface area contributed by atoms with E-state index in [2.05, 4.69) is 40.6 Å². The van der Waals surface area contributed by atoms with E-state index in [1.54, 1.807) is 48.9 Å². The number of hydrogen-bond donors (Lipinski definition) is 4. The van der Waals surface area contributed by atoms with Crippen molar-refractivity contribution in [2.24, 2.45) is 18.0 Å². The van der Waals surface area contributed by atoms with Crippen LogP contribution in [0.3, 0.4) is 0 Å². The molecule has 0 radical (unpaired) electrons. The van der Waals surface area contributed by atoms with Crippen LogP contribution in [0.2, 0.25) is 0 Å². The van der Waals surface area contributed by atoms with Gasteiger partial charge < -0.3 is 44.4 Å². The number of likely N-dealkylation sites (tertiary alicyclic amines) is 2. The van der Waals surface area contributed by atoms with Crippen LogP contribution in [0.5, 0.6) is 5.88 Å². The molecule has 4 aliphatic heterocycles. The highest BCUT2D eigenvalue weighted by molar-refractivity contribution is 7.89. The second kappa shape index (κ2) is 20.5. The summed E-state index contributed by atoms with van der Waals surface area (Å²) in [6.45, 7) is 9.05. The van der Waals surface area contributed by atoms with Crippen LogP contribution < -0.4 is 25.8 Å². The number of aromatic nitrogens is 5. The van der Waals surface area contributed by atoms with Crippen LogP contribution in [0.15, 0.2) is 86.9 Å². The number of H-pyrrole nitrogens is 1. The molecule has 4 aliphatic rings. The number of rotatable bonds is 15. The lowest BCUT2D eigenvalue weighted by molar-refractivity contribution is -0.134. The fourth-order valence-corrected chi connectivity index (χ4v) is 13.0. The number of pyridine rings is 2. The third-order valence-corrected chi connectivity index (χ3v) is 17.1. The van der Waals surface area contributed by atoms with Crippen molar-refractivity contribution in [3.63, 3.8) is 0 Å². The van der Waals surface area contributed by atoms with Crippen molar-refractivity contribution in [3.8, 4) is 27.4 Å². The quantitative estimate of drug-likeness (QED) is 0.0940. The number of nitrogens with one attached hydrogen (secondary N) is 3. The molecule has 0 aliphatic carbocycles. The van der Waals surface area contributed by atoms with Gasteiger partial charge in [-0.1, -0.05) is 38.1 Å². The number of aryl methyl sites for hydroxylation is 2. The standard InChI is InChI=1S/C55H57F2N11O9S2/c1-28(2)45(52(71)68-24-36(69)17-42(68)49-62-54(73)55(4,63-49)33-9-7-30(8-10-33)48-29(3)60-27-78-48)43-19-44(64-77-43)76-14-13-66-12-11-35(23-66)61-51(70)37-18-41-38(15-31(37)26-79(6,74)75)39-25-65(5)53(72)47-46(39)32(20-58-47)22-67(41)50-40(57)16-34(56)21-59-50/h7-10,15-16,18-21,25,27-28,35-36,42,45,58,69H,11-14,17,22-24,26H2,1-6H3,(H,61,70)(H,62,63,73)/t35-,36+,42-,45?,55-/m0/s1. The van der Waals surface area contributed by atoms with Crippen LogP contribution >= 0.6 is 11.3 Å². The first-order valence-electron chi connectivity index (χ1n) is 25.8. The second-order valence-corrected chi connectivity index (χ2v) is 24.3. The number of ether oxygens (including phenoxy) is 1. The van der Waals surface area contributed by atoms with Crippen molar-refractivity contribution < 1.29 is 45.9 Å². The van der Waals surface area contributed by atoms with E-state index >= 15 is 4.39 Å². The summed E-state index contributed by atoms with van der Waals surface area (Å²) in [5, 5.41) is 22.0. The van der Waals surface area contributed by atoms with Gasteiger partial charge in [0.05, 0.1) is 52.4 Å². The van der Waals surface area contributed by atoms with Crippen LogP contribution in [0, 0.1) is 24.5 Å². The van der Waals surface area contributed by atoms with Crippen LogP contribution in [-0.2, 0) is 44.3 Å². The van der Waals surface area contributed by atoms with Gasteiger partial charge in [0.25, 0.3) is 23.3 Å². The molecular formula is C55H57F2N11O9S2. The molecule has 2 fully saturated rings. The molecule has 0 spiro atoms. The summed E-state index contributed by atoms with van der Waals surface area (Å²) in [5.41, 5.74) is 5.21. The van der Waals surface area contributed by atoms with E-state index in [4.69, 9.17) is 9.26 Å². The third-order valence-electron chi connectivity index (χ3n) is 15.3. The Kier molecular flexibility index (Phi) is 13.9. The Hall–Kier alpha value is -7.67. The lowest BCUT2D eigenvalue weighted by Crippen LogP contribution is -2.51. The molecule has 2 aromatic carbocycles. The summed E-state index contributed by atoms with van der Waals surface area (Å²) < 4.78 is 69.0. The Morgan fingerprint density at radius 1 is 1.08 bits per heavy atom. The van der Waals surface area contributed by atoms with Gasteiger partial charge in [-0.15, -0.1) is 11.3 Å². The number of anilines is 2. The number of aromatic amines is 1. The molecule has 79 heavy (non-hydrogen) atoms. The maximum atomic E-state index is 15.7. The van der Waals surface area contributed by atoms with Gasteiger partial charge in [0.2, 0.25) is 5.91 Å². The summed E-state index contributed by atoms with van der Waals surface area (Å²) in [6.07, 6.45) is 5.05. The van der Waals surface area contributed by atoms with Gasteiger partial charge in [-0.2, -0.15) is 4.99 Å². The number of sulfone groups is 1. The first kappa shape index (κ1) is 53.3. The molecule has 412 valence electrons. The van der Waals surface area contributed by atoms with E-state index in [1.807, 2.05) is 45.0 Å². The zero-order valence-corrected chi connectivity index (χ0v) is 45.7. The molecule has 11 rings (SSSR count). The molecule has 0 bridgehead atoms. The van der Waals surface area contributed by atoms with E-state index in [0.717, 1.165) is 28.6 Å². The third kappa shape index (κ3) is 10.1. The number of halogens is 2. The first-order valence-corrected chi connectivity index (χ1v) is 28.7. The predicted molar refractivity (Wildman–Crippen MR) is 291 cm³/mol. The zero-order valence-electron chi connectivity index (χ0n) is 44.0. The number of amides is 3. The lowest BCUT2D eigenvalue weighted by Gasteiger charge is -2.31. The highest BCUT2D eigenvalue weighted by atomic mass is 32.2. The normalized spacial score (nSPS) is 20.7. The van der Waals surface area contributed by atoms with Crippen molar-refractivity contribution in [1.29, 1.82) is 0 Å². The van der Waals surface area contributed by atoms with Gasteiger partial charge in [-0.25, -0.2) is 27.2 Å². The van der Waals surface area contributed by atoms with Crippen LogP contribution in [0.4, 0.5) is 20.3 Å². The minimum absolute atomic E-state index is 0.0244. The van der Waals surface area contributed by atoms with Gasteiger partial charge in [0, 0.05) is 98.5 Å². The number of carbonyl (C=O) groups excluding carboxylic acids is 3. The van der Waals surface area contributed by atoms with Gasteiger partial charge in [0.1, 0.15) is 35.2 Å². The van der Waals surface area contributed by atoms with Crippen molar-refractivity contribution in [1.82, 2.24) is 45.1 Å². The molecular weight excluding hydrogens is 1060 g/mol. The number of amidine groups is 1. The Labute approximate surface area is 456 Å². The van der Waals surface area contributed by atoms with E-state index in [-0.39, 0.29) is 83.6 Å². The smallest absolute Gasteiger partial charge is 0.277 e. The fourth-order valence-electron chi connectivity index (χ4n) is 11.4. The molecule has 0 saturated carbocycles. The van der Waals surface area contributed by atoms with Crippen LogP contribution in [-0.4, -0.2) is 129 Å². The monoisotopic (exact) mass is 1120 g/mol. The largest absolute Gasteiger partial charge is 0.474 e. The molecule has 20 nitrogen and oxygen atoms in total. The van der Waals surface area contributed by atoms with Crippen molar-refractivity contribution in [2.75, 3.05) is 43.9 Å². The minimum Gasteiger partial charge on any atom is -0.474 e. The number of carbonyl (C=O) groups is 3. The van der Waals surface area contributed by atoms with Crippen molar-refractivity contribution in [3.05, 3.63) is 128 Å². The summed E-state index contributed by atoms with van der Waals surface area (Å²) in [7, 11) is -2.15. The van der Waals surface area contributed by atoms with Gasteiger partial charge >= 0.3 is 0 Å². The Balaban J connectivity index is 0.753. The lowest BCUT2D eigenvalue weighted by atomic mass is 9.90. The van der Waals surface area contributed by atoms with Crippen molar-refractivity contribution >= 4 is 67.1 Å². The molecule has 7 aromatic rings. The van der Waals surface area contributed by atoms with Crippen molar-refractivity contribution in [2.45, 2.75) is 82.5 Å². The Morgan fingerprint density at radius 2 is 1.86 bits per heavy atom. The molecule has 5 aromatic heterocycles. The Bertz CT molecular complexity index is 3800. The topological polar surface area (TPSA) is 251 Å². The molecule has 5 atom stereocenters. The minimum atomic E-state index is -3.72. The number of aliphatic imine (C=N–C) groups is 1. The highest BCUT2D eigenvalue weighted by Crippen LogP contribution is 2.45. The number of hydrogen-bond acceptors (Lipinski definition) is 16. The molecule has 9 heterocycles. The van der Waals surface area contributed by atoms with E-state index in [0.29, 0.717) is 71.3 Å². The predicted octanol–water partition coefficient (Wildman–Crippen LogP) is 5.85. The number of aliphatic hydroxyl groups excluding tert-OH is 1. The zero-order chi connectivity index (χ0) is 55.8. The average molecular weight is 1120 g/mol. The van der Waals surface area contributed by atoms with Crippen LogP contribution in [0.25, 0.3) is 32.5 Å². The molecule has 3 amide bonds. The number of thiazole rings is 1. The van der Waals surface area contributed by atoms with Gasteiger partial charge in [-0.05, 0) is 65.7 Å². The summed E-state index contributed by atoms with van der Waals surface area (Å²) >= 11 is 1.54. The molecule has 4 N–H and O–H groups in total. The van der Waals surface area contributed by atoms with Gasteiger partial charge in [-0.3, -0.25) is 24.1 Å². The van der Waals surface area contributed by atoms with E-state index in [1.165, 1.54) is 26.9 Å². The maximum absolute atomic E-state index is 15.7. The fraction of sp³-hybridized carbons (Fsp3) is 0.382. The number of benzene rings is 2. The Morgan fingerprint density at radius 3 is 2.58 bits per heavy atom. The number of nitrogens with zero attached hydrogens (tertiary/aromatic N) is 8. The highest BCUT2D eigenvalue weighted by Gasteiger charge is 2.49. The van der Waals surface area contributed by atoms with Crippen LogP contribution in [0.1, 0.15) is 78.0 Å². The van der Waals surface area contributed by atoms with Gasteiger partial charge in [0.15, 0.2) is 27.2 Å².